The summed E-state index contributed by atoms with van der Waals surface area (Å²) in [7, 11) is 0. The lowest BCUT2D eigenvalue weighted by molar-refractivity contribution is 0.291. The van der Waals surface area contributed by atoms with Gasteiger partial charge >= 0.3 is 6.01 Å². The first-order valence-electron chi connectivity index (χ1n) is 7.15. The van der Waals surface area contributed by atoms with Crippen molar-refractivity contribution < 1.29 is 4.74 Å². The van der Waals surface area contributed by atoms with Crippen LogP contribution in [0.25, 0.3) is 0 Å². The normalized spacial score (nSPS) is 15.7. The Morgan fingerprint density at radius 1 is 1.21 bits per heavy atom. The van der Waals surface area contributed by atoms with E-state index in [1.165, 1.54) is 25.7 Å². The van der Waals surface area contributed by atoms with Gasteiger partial charge in [-0.1, -0.05) is 19.8 Å². The third kappa shape index (κ3) is 3.45. The van der Waals surface area contributed by atoms with Gasteiger partial charge in [-0.05, 0) is 26.2 Å². The third-order valence-electron chi connectivity index (χ3n) is 3.42. The van der Waals surface area contributed by atoms with E-state index in [0.29, 0.717) is 24.6 Å². The number of anilines is 2. The summed E-state index contributed by atoms with van der Waals surface area (Å²) in [6.45, 7) is 5.63. The molecule has 1 aromatic heterocycles. The van der Waals surface area contributed by atoms with Crippen LogP contribution >= 0.6 is 0 Å². The molecule has 1 saturated carbocycles. The molecule has 19 heavy (non-hydrogen) atoms. The fourth-order valence-corrected chi connectivity index (χ4v) is 2.53. The van der Waals surface area contributed by atoms with Crippen LogP contribution in [0.2, 0.25) is 0 Å². The van der Waals surface area contributed by atoms with Crippen molar-refractivity contribution >= 4 is 11.9 Å². The molecule has 6 heteroatoms. The van der Waals surface area contributed by atoms with Gasteiger partial charge in [0.05, 0.1) is 6.61 Å². The zero-order valence-electron chi connectivity index (χ0n) is 11.8. The molecule has 1 heterocycles. The van der Waals surface area contributed by atoms with Crippen molar-refractivity contribution in [3.8, 4) is 6.01 Å². The van der Waals surface area contributed by atoms with E-state index < -0.39 is 0 Å². The molecule has 2 N–H and O–H groups in total. The van der Waals surface area contributed by atoms with Gasteiger partial charge in [-0.2, -0.15) is 15.0 Å². The molecular weight excluding hydrogens is 242 g/mol. The highest BCUT2D eigenvalue weighted by Crippen LogP contribution is 2.26. The maximum atomic E-state index is 5.75. The largest absolute Gasteiger partial charge is 0.463 e. The number of nitrogens with two attached hydrogens (primary N) is 1. The van der Waals surface area contributed by atoms with Crippen molar-refractivity contribution in [1.82, 2.24) is 15.0 Å². The van der Waals surface area contributed by atoms with Gasteiger partial charge in [0.1, 0.15) is 0 Å². The molecule has 0 spiro atoms. The molecule has 0 radical (unpaired) electrons. The van der Waals surface area contributed by atoms with Gasteiger partial charge in [0, 0.05) is 12.6 Å². The third-order valence-corrected chi connectivity index (χ3v) is 3.42. The molecule has 6 nitrogen and oxygen atoms in total. The van der Waals surface area contributed by atoms with Crippen LogP contribution in [-0.2, 0) is 0 Å². The summed E-state index contributed by atoms with van der Waals surface area (Å²) in [5.41, 5.74) is 5.75. The number of hydrogen-bond donors (Lipinski definition) is 1. The molecule has 1 aliphatic rings. The van der Waals surface area contributed by atoms with E-state index in [-0.39, 0.29) is 5.95 Å². The SMILES string of the molecule is CCCOc1nc(N)nc(N(CC)C2CCCC2)n1. The fraction of sp³-hybridized carbons (Fsp3) is 0.769. The van der Waals surface area contributed by atoms with Crippen LogP contribution in [0.5, 0.6) is 6.01 Å². The van der Waals surface area contributed by atoms with E-state index in [0.717, 1.165) is 13.0 Å². The van der Waals surface area contributed by atoms with Crippen LogP contribution in [0.15, 0.2) is 0 Å². The average molecular weight is 265 g/mol. The van der Waals surface area contributed by atoms with Crippen LogP contribution in [0.4, 0.5) is 11.9 Å². The Labute approximate surface area is 114 Å². The van der Waals surface area contributed by atoms with Crippen LogP contribution in [-0.4, -0.2) is 34.1 Å². The first-order chi connectivity index (χ1) is 9.24. The molecule has 0 unspecified atom stereocenters. The first-order valence-corrected chi connectivity index (χ1v) is 7.15. The van der Waals surface area contributed by atoms with E-state index in [9.17, 15) is 0 Å². The maximum absolute atomic E-state index is 5.75. The van der Waals surface area contributed by atoms with Crippen molar-refractivity contribution in [2.24, 2.45) is 0 Å². The summed E-state index contributed by atoms with van der Waals surface area (Å²) in [6.07, 6.45) is 5.87. The van der Waals surface area contributed by atoms with Crippen molar-refractivity contribution in [2.75, 3.05) is 23.8 Å². The molecule has 0 bridgehead atoms. The van der Waals surface area contributed by atoms with Gasteiger partial charge in [-0.25, -0.2) is 0 Å². The molecule has 1 aliphatic carbocycles. The van der Waals surface area contributed by atoms with E-state index in [2.05, 4.69) is 26.8 Å². The predicted molar refractivity (Wildman–Crippen MR) is 75.3 cm³/mol. The molecule has 1 aromatic rings. The van der Waals surface area contributed by atoms with Crippen LogP contribution < -0.4 is 15.4 Å². The van der Waals surface area contributed by atoms with Gasteiger partial charge in [0.15, 0.2) is 0 Å². The van der Waals surface area contributed by atoms with Gasteiger partial charge in [-0.15, -0.1) is 0 Å². The molecule has 1 fully saturated rings. The van der Waals surface area contributed by atoms with Crippen LogP contribution in [0, 0.1) is 0 Å². The van der Waals surface area contributed by atoms with Gasteiger partial charge in [-0.3, -0.25) is 0 Å². The highest BCUT2D eigenvalue weighted by molar-refractivity contribution is 5.37. The van der Waals surface area contributed by atoms with E-state index in [1.54, 1.807) is 0 Å². The molecule has 0 atom stereocenters. The predicted octanol–water partition coefficient (Wildman–Crippen LogP) is 2.01. The van der Waals surface area contributed by atoms with Crippen molar-refractivity contribution in [3.05, 3.63) is 0 Å². The summed E-state index contributed by atoms with van der Waals surface area (Å²) in [4.78, 5) is 14.9. The van der Waals surface area contributed by atoms with Crippen molar-refractivity contribution in [1.29, 1.82) is 0 Å². The summed E-state index contributed by atoms with van der Waals surface area (Å²) in [5, 5.41) is 0. The minimum atomic E-state index is 0.229. The highest BCUT2D eigenvalue weighted by Gasteiger charge is 2.24. The zero-order chi connectivity index (χ0) is 13.7. The highest BCUT2D eigenvalue weighted by atomic mass is 16.5. The smallest absolute Gasteiger partial charge is 0.323 e. The molecule has 0 saturated heterocycles. The Bertz CT molecular complexity index is 406. The summed E-state index contributed by atoms with van der Waals surface area (Å²) in [5.74, 6) is 0.876. The van der Waals surface area contributed by atoms with Crippen molar-refractivity contribution in [2.45, 2.75) is 52.0 Å². The number of ether oxygens (including phenoxy) is 1. The second-order valence-corrected chi connectivity index (χ2v) is 4.85. The van der Waals surface area contributed by atoms with Crippen molar-refractivity contribution in [3.63, 3.8) is 0 Å². The Kier molecular flexibility index (Phi) is 4.76. The number of aromatic nitrogens is 3. The van der Waals surface area contributed by atoms with Gasteiger partial charge in [0.25, 0.3) is 0 Å². The Hall–Kier alpha value is -1.59. The lowest BCUT2D eigenvalue weighted by atomic mass is 10.2. The van der Waals surface area contributed by atoms with E-state index >= 15 is 0 Å². The Morgan fingerprint density at radius 2 is 1.95 bits per heavy atom. The average Bonchev–Trinajstić information content (AvgIpc) is 2.90. The molecule has 0 aromatic carbocycles. The monoisotopic (exact) mass is 265 g/mol. The quantitative estimate of drug-likeness (QED) is 0.847. The number of rotatable bonds is 6. The summed E-state index contributed by atoms with van der Waals surface area (Å²) >= 11 is 0. The molecular formula is C13H23N5O. The lowest BCUT2D eigenvalue weighted by Gasteiger charge is -2.27. The second kappa shape index (κ2) is 6.54. The Balaban J connectivity index is 2.18. The molecule has 2 rings (SSSR count). The Morgan fingerprint density at radius 3 is 2.58 bits per heavy atom. The van der Waals surface area contributed by atoms with Crippen LogP contribution in [0.3, 0.4) is 0 Å². The standard InChI is InChI=1S/C13H23N5O/c1-3-9-19-13-16-11(14)15-12(17-13)18(4-2)10-7-5-6-8-10/h10H,3-9H2,1-2H3,(H2,14,15,16,17). The number of nitrogens with zero attached hydrogens (tertiary/aromatic N) is 4. The lowest BCUT2D eigenvalue weighted by Crippen LogP contribution is -2.34. The number of nitrogen functional groups attached to an aromatic ring is 1. The summed E-state index contributed by atoms with van der Waals surface area (Å²) in [6, 6.07) is 0.853. The number of hydrogen-bond acceptors (Lipinski definition) is 6. The summed E-state index contributed by atoms with van der Waals surface area (Å²) < 4.78 is 5.47. The topological polar surface area (TPSA) is 77.2 Å². The van der Waals surface area contributed by atoms with Gasteiger partial charge < -0.3 is 15.4 Å². The molecule has 0 amide bonds. The maximum Gasteiger partial charge on any atom is 0.323 e. The zero-order valence-corrected chi connectivity index (χ0v) is 11.8. The molecule has 0 aliphatic heterocycles. The van der Waals surface area contributed by atoms with Gasteiger partial charge in [0.2, 0.25) is 11.9 Å². The van der Waals surface area contributed by atoms with E-state index in [4.69, 9.17) is 10.5 Å². The fourth-order valence-electron chi connectivity index (χ4n) is 2.53. The minimum absolute atomic E-state index is 0.229. The molecule has 106 valence electrons. The first kappa shape index (κ1) is 13.8. The second-order valence-electron chi connectivity index (χ2n) is 4.85. The van der Waals surface area contributed by atoms with Crippen LogP contribution in [0.1, 0.15) is 46.0 Å². The minimum Gasteiger partial charge on any atom is -0.463 e. The van der Waals surface area contributed by atoms with E-state index in [1.807, 2.05) is 6.92 Å².